The number of halogens is 4. The highest BCUT2D eigenvalue weighted by atomic mass is 32.1. The Balaban J connectivity index is 1.57. The Morgan fingerprint density at radius 2 is 1.97 bits per heavy atom. The monoisotopic (exact) mass is 551 g/mol. The van der Waals surface area contributed by atoms with E-state index in [0.29, 0.717) is 41.4 Å². The number of benzene rings is 1. The molecule has 9 nitrogen and oxygen atoms in total. The lowest BCUT2D eigenvalue weighted by Gasteiger charge is -2.36. The van der Waals surface area contributed by atoms with Crippen LogP contribution in [0.1, 0.15) is 24.2 Å². The molecule has 1 fully saturated rings. The van der Waals surface area contributed by atoms with Crippen molar-refractivity contribution in [3.05, 3.63) is 47.5 Å². The minimum Gasteiger partial charge on any atom is -0.367 e. The van der Waals surface area contributed by atoms with Crippen LogP contribution in [0.4, 0.5) is 28.6 Å². The van der Waals surface area contributed by atoms with Gasteiger partial charge < -0.3 is 19.3 Å². The van der Waals surface area contributed by atoms with Gasteiger partial charge in [0.1, 0.15) is 23.4 Å². The van der Waals surface area contributed by atoms with Crippen molar-refractivity contribution in [1.29, 1.82) is 0 Å². The summed E-state index contributed by atoms with van der Waals surface area (Å²) < 4.78 is 68.0. The molecule has 38 heavy (non-hydrogen) atoms. The molecule has 0 unspecified atom stereocenters. The van der Waals surface area contributed by atoms with Crippen molar-refractivity contribution < 1.29 is 27.0 Å². The summed E-state index contributed by atoms with van der Waals surface area (Å²) in [7, 11) is 5.19. The molecule has 4 aromatic rings. The first-order valence-corrected chi connectivity index (χ1v) is 12.5. The SMILES string of the molecule is COCn1cc([C@@H]2CN(c3nc(-c4ccc(C(F)(F)F)cc4F)c4sc(N(C)C)nc4n3)C[C@@H](C)O2)cn1. The Labute approximate surface area is 219 Å². The molecule has 14 heteroatoms. The highest BCUT2D eigenvalue weighted by Crippen LogP contribution is 2.39. The normalized spacial score (nSPS) is 18.4. The zero-order valence-corrected chi connectivity index (χ0v) is 21.8. The second-order valence-corrected chi connectivity index (χ2v) is 10.2. The molecule has 202 valence electrons. The lowest BCUT2D eigenvalue weighted by molar-refractivity contribution is -0.137. The van der Waals surface area contributed by atoms with E-state index in [1.807, 2.05) is 32.1 Å². The third kappa shape index (κ3) is 5.15. The first-order chi connectivity index (χ1) is 18.0. The second kappa shape index (κ2) is 10.1. The van der Waals surface area contributed by atoms with Crippen molar-refractivity contribution in [2.45, 2.75) is 32.0 Å². The van der Waals surface area contributed by atoms with Gasteiger partial charge in [-0.2, -0.15) is 28.2 Å². The molecule has 4 heterocycles. The van der Waals surface area contributed by atoms with E-state index < -0.39 is 17.6 Å². The molecule has 1 aliphatic rings. The standard InChI is InChI=1S/C24H25F4N7O2S/c1-13-9-34(11-18(37-13)14-8-29-35(10-14)12-36-4)22-30-19(20-21(31-22)32-23(38-20)33(2)3)16-6-5-15(7-17(16)25)24(26,27)28/h5-8,10,13,18H,9,11-12H2,1-4H3/t13-,18+/m1/s1. The summed E-state index contributed by atoms with van der Waals surface area (Å²) in [5.74, 6) is -0.740. The number of ether oxygens (including phenoxy) is 2. The first kappa shape index (κ1) is 26.3. The predicted octanol–water partition coefficient (Wildman–Crippen LogP) is 4.74. The van der Waals surface area contributed by atoms with Gasteiger partial charge in [0.15, 0.2) is 10.8 Å². The Hall–Kier alpha value is -3.36. The van der Waals surface area contributed by atoms with Crippen LogP contribution in [0.25, 0.3) is 21.6 Å². The third-order valence-corrected chi connectivity index (χ3v) is 7.21. The van der Waals surface area contributed by atoms with E-state index in [1.165, 1.54) is 11.3 Å². The molecule has 1 saturated heterocycles. The number of morpholine rings is 1. The van der Waals surface area contributed by atoms with Gasteiger partial charge in [0.05, 0.1) is 30.1 Å². The maximum Gasteiger partial charge on any atom is 0.416 e. The van der Waals surface area contributed by atoms with Gasteiger partial charge in [0, 0.05) is 45.1 Å². The van der Waals surface area contributed by atoms with Gasteiger partial charge in [-0.15, -0.1) is 0 Å². The lowest BCUT2D eigenvalue weighted by Crippen LogP contribution is -2.43. The Bertz CT molecular complexity index is 1460. The second-order valence-electron chi connectivity index (χ2n) is 9.18. The van der Waals surface area contributed by atoms with Crippen molar-refractivity contribution >= 4 is 32.8 Å². The number of hydrogen-bond donors (Lipinski definition) is 0. The number of thiazole rings is 1. The third-order valence-electron chi connectivity index (χ3n) is 5.99. The number of fused-ring (bicyclic) bond motifs is 1. The number of rotatable bonds is 6. The van der Waals surface area contributed by atoms with Crippen LogP contribution in [0.2, 0.25) is 0 Å². The molecule has 0 saturated carbocycles. The van der Waals surface area contributed by atoms with Crippen LogP contribution in [-0.4, -0.2) is 65.1 Å². The average Bonchev–Trinajstić information content (AvgIpc) is 3.50. The summed E-state index contributed by atoms with van der Waals surface area (Å²) in [4.78, 5) is 17.6. The lowest BCUT2D eigenvalue weighted by atomic mass is 10.1. The molecule has 0 aliphatic carbocycles. The number of hydrogen-bond acceptors (Lipinski definition) is 9. The van der Waals surface area contributed by atoms with E-state index in [-0.39, 0.29) is 29.4 Å². The predicted molar refractivity (Wildman–Crippen MR) is 135 cm³/mol. The quantitative estimate of drug-likeness (QED) is 0.318. The van der Waals surface area contributed by atoms with Gasteiger partial charge in [-0.1, -0.05) is 11.3 Å². The summed E-state index contributed by atoms with van der Waals surface area (Å²) in [6.45, 7) is 3.05. The molecule has 1 aliphatic heterocycles. The van der Waals surface area contributed by atoms with Crippen molar-refractivity contribution in [1.82, 2.24) is 24.7 Å². The summed E-state index contributed by atoms with van der Waals surface area (Å²) in [5.41, 5.74) is 0.241. The van der Waals surface area contributed by atoms with Crippen molar-refractivity contribution in [3.8, 4) is 11.3 Å². The largest absolute Gasteiger partial charge is 0.416 e. The van der Waals surface area contributed by atoms with E-state index in [0.717, 1.165) is 17.7 Å². The summed E-state index contributed by atoms with van der Waals surface area (Å²) >= 11 is 1.24. The summed E-state index contributed by atoms with van der Waals surface area (Å²) in [6.07, 6.45) is -1.66. The van der Waals surface area contributed by atoms with Crippen LogP contribution in [0.15, 0.2) is 30.6 Å². The van der Waals surface area contributed by atoms with Crippen LogP contribution in [0, 0.1) is 5.82 Å². The fraction of sp³-hybridized carbons (Fsp3) is 0.417. The van der Waals surface area contributed by atoms with Crippen LogP contribution in [-0.2, 0) is 22.4 Å². The van der Waals surface area contributed by atoms with E-state index in [4.69, 9.17) is 9.47 Å². The Morgan fingerprint density at radius 3 is 2.66 bits per heavy atom. The van der Waals surface area contributed by atoms with Crippen molar-refractivity contribution in [2.75, 3.05) is 44.1 Å². The number of nitrogens with zero attached hydrogens (tertiary/aromatic N) is 7. The minimum absolute atomic E-state index is 0.0562. The molecule has 5 rings (SSSR count). The van der Waals surface area contributed by atoms with Crippen molar-refractivity contribution in [3.63, 3.8) is 0 Å². The molecule has 0 radical (unpaired) electrons. The average molecular weight is 552 g/mol. The van der Waals surface area contributed by atoms with Gasteiger partial charge in [0.2, 0.25) is 5.95 Å². The highest BCUT2D eigenvalue weighted by molar-refractivity contribution is 7.22. The van der Waals surface area contributed by atoms with Gasteiger partial charge in [-0.05, 0) is 25.1 Å². The minimum atomic E-state index is -4.66. The van der Waals surface area contributed by atoms with Gasteiger partial charge in [0.25, 0.3) is 0 Å². The van der Waals surface area contributed by atoms with E-state index in [2.05, 4.69) is 20.1 Å². The van der Waals surface area contributed by atoms with Crippen molar-refractivity contribution in [2.24, 2.45) is 0 Å². The summed E-state index contributed by atoms with van der Waals surface area (Å²) in [6, 6.07) is 2.44. The Morgan fingerprint density at radius 1 is 1.18 bits per heavy atom. The molecule has 3 aromatic heterocycles. The first-order valence-electron chi connectivity index (χ1n) is 11.7. The van der Waals surface area contributed by atoms with E-state index >= 15 is 4.39 Å². The van der Waals surface area contributed by atoms with Crippen LogP contribution >= 0.6 is 11.3 Å². The smallest absolute Gasteiger partial charge is 0.367 e. The molecule has 0 spiro atoms. The molecule has 1 aromatic carbocycles. The fourth-order valence-corrected chi connectivity index (χ4v) is 5.18. The fourth-order valence-electron chi connectivity index (χ4n) is 4.25. The van der Waals surface area contributed by atoms with Gasteiger partial charge in [-0.3, -0.25) is 0 Å². The van der Waals surface area contributed by atoms with Crippen LogP contribution < -0.4 is 9.80 Å². The molecule has 0 amide bonds. The number of methoxy groups -OCH3 is 1. The van der Waals surface area contributed by atoms with Crippen LogP contribution in [0.3, 0.4) is 0 Å². The number of anilines is 2. The molecule has 0 bridgehead atoms. The zero-order valence-electron chi connectivity index (χ0n) is 21.0. The topological polar surface area (TPSA) is 81.4 Å². The number of aromatic nitrogens is 5. The molecular weight excluding hydrogens is 526 g/mol. The highest BCUT2D eigenvalue weighted by Gasteiger charge is 2.33. The van der Waals surface area contributed by atoms with Gasteiger partial charge in [-0.25, -0.2) is 14.1 Å². The maximum atomic E-state index is 15.1. The van der Waals surface area contributed by atoms with Crippen LogP contribution in [0.5, 0.6) is 0 Å². The summed E-state index contributed by atoms with van der Waals surface area (Å²) in [5, 5.41) is 4.89. The van der Waals surface area contributed by atoms with E-state index in [9.17, 15) is 13.2 Å². The molecule has 2 atom stereocenters. The Kier molecular flexibility index (Phi) is 6.96. The molecule has 0 N–H and O–H groups in total. The van der Waals surface area contributed by atoms with Gasteiger partial charge >= 0.3 is 6.18 Å². The van der Waals surface area contributed by atoms with E-state index in [1.54, 1.807) is 22.9 Å². The molecular formula is C24H25F4N7O2S. The number of alkyl halides is 3. The zero-order chi connectivity index (χ0) is 27.2. The maximum absolute atomic E-state index is 15.1.